The second-order valence-corrected chi connectivity index (χ2v) is 28.3. The first-order valence-corrected chi connectivity index (χ1v) is 34.1. The number of nitrogens with one attached hydrogen (secondary N) is 1. The number of carbonyl (C=O) groups excluding carboxylic acids is 4. The van der Waals surface area contributed by atoms with Crippen molar-refractivity contribution in [2.24, 2.45) is 35.5 Å². The van der Waals surface area contributed by atoms with Crippen molar-refractivity contribution in [3.8, 4) is 0 Å². The number of likely N-dealkylation sites (tertiary alicyclic amines) is 2. The first kappa shape index (κ1) is 74.2. The molecule has 0 aliphatic carbocycles. The van der Waals surface area contributed by atoms with Crippen LogP contribution in [-0.2, 0) is 62.5 Å². The molecule has 0 aromatic heterocycles. The summed E-state index contributed by atoms with van der Waals surface area (Å²) in [4.78, 5) is 53.9. The van der Waals surface area contributed by atoms with Crippen LogP contribution in [0.5, 0.6) is 0 Å². The lowest BCUT2D eigenvalue weighted by molar-refractivity contribution is -0.158. The van der Waals surface area contributed by atoms with E-state index >= 15 is 0 Å². The van der Waals surface area contributed by atoms with E-state index in [1.807, 2.05) is 50.2 Å². The van der Waals surface area contributed by atoms with Crippen molar-refractivity contribution in [2.75, 3.05) is 112 Å². The molecule has 18 heteroatoms. The van der Waals surface area contributed by atoms with E-state index in [1.165, 1.54) is 22.9 Å². The van der Waals surface area contributed by atoms with Crippen LogP contribution in [0.25, 0.3) is 0 Å². The zero-order valence-electron chi connectivity index (χ0n) is 51.7. The number of hydrogen-bond donors (Lipinski definition) is 5. The van der Waals surface area contributed by atoms with Crippen LogP contribution < -0.4 is 5.32 Å². The molecule has 0 spiro atoms. The van der Waals surface area contributed by atoms with E-state index in [4.69, 9.17) is 33.9 Å². The lowest BCUT2D eigenvalue weighted by Gasteiger charge is -2.28. The number of methoxy groups -OCH3 is 1. The molecule has 0 amide bonds. The van der Waals surface area contributed by atoms with Gasteiger partial charge in [-0.05, 0) is 48.5 Å². The van der Waals surface area contributed by atoms with Gasteiger partial charge in [0.05, 0.1) is 53.1 Å². The molecule has 3 aromatic rings. The van der Waals surface area contributed by atoms with Gasteiger partial charge in [0.15, 0.2) is 0 Å². The summed E-state index contributed by atoms with van der Waals surface area (Å²) in [6, 6.07) is 31.0. The molecule has 5 N–H and O–H groups in total. The lowest BCUT2D eigenvalue weighted by Crippen LogP contribution is -2.40. The molecule has 3 aliphatic rings. The van der Waals surface area contributed by atoms with Crippen LogP contribution >= 0.6 is 0 Å². The molecule has 83 heavy (non-hydrogen) atoms. The molecule has 0 saturated carbocycles. The fraction of sp³-hybridized carbons (Fsp3) is 0.631. The van der Waals surface area contributed by atoms with E-state index in [1.54, 1.807) is 7.11 Å². The minimum Gasteiger partial charge on any atom is -0.465 e. The summed E-state index contributed by atoms with van der Waals surface area (Å²) in [5, 5.41) is 39.0. The van der Waals surface area contributed by atoms with Crippen molar-refractivity contribution in [2.45, 2.75) is 118 Å². The van der Waals surface area contributed by atoms with E-state index < -0.39 is 31.8 Å². The molecular weight excluding hydrogens is 1070 g/mol. The quantitative estimate of drug-likeness (QED) is 0.0106. The summed E-state index contributed by atoms with van der Waals surface area (Å²) in [5.74, 6) is -1.42. The van der Waals surface area contributed by atoms with Gasteiger partial charge in [0.1, 0.15) is 0 Å². The Morgan fingerprint density at radius 2 is 0.880 bits per heavy atom. The molecule has 3 aromatic carbocycles. The zero-order valence-corrected chi connectivity index (χ0v) is 52.7. The highest BCUT2D eigenvalue weighted by molar-refractivity contribution is 6.76. The molecule has 3 aliphatic heterocycles. The van der Waals surface area contributed by atoms with E-state index in [9.17, 15) is 29.4 Å². The van der Waals surface area contributed by atoms with Crippen molar-refractivity contribution in [3.05, 3.63) is 120 Å². The van der Waals surface area contributed by atoms with Gasteiger partial charge in [-0.15, -0.1) is 0 Å². The summed E-state index contributed by atoms with van der Waals surface area (Å²) >= 11 is 0. The number of esters is 4. The molecule has 3 fully saturated rings. The predicted molar refractivity (Wildman–Crippen MR) is 330 cm³/mol. The molecule has 0 radical (unpaired) electrons. The van der Waals surface area contributed by atoms with Crippen molar-refractivity contribution < 1.29 is 63.3 Å². The Hall–Kier alpha value is -4.86. The summed E-state index contributed by atoms with van der Waals surface area (Å²) in [5.41, 5.74) is 3.82. The monoisotopic (exact) mass is 1180 g/mol. The van der Waals surface area contributed by atoms with Gasteiger partial charge in [-0.2, -0.15) is 0 Å². The number of rotatable bonds is 30. The van der Waals surface area contributed by atoms with E-state index in [2.05, 4.69) is 108 Å². The second-order valence-electron chi connectivity index (χ2n) is 22.9. The number of aliphatic hydroxyl groups excluding tert-OH is 4. The molecular formula is C65H106N4O13Si. The van der Waals surface area contributed by atoms with E-state index in [0.717, 1.165) is 116 Å². The number of nitrogens with zero attached hydrogens (tertiary/aromatic N) is 3. The molecule has 0 bridgehead atoms. The number of aliphatic hydroxyl groups is 4. The fourth-order valence-electron chi connectivity index (χ4n) is 9.53. The van der Waals surface area contributed by atoms with Gasteiger partial charge in [0, 0.05) is 128 Å². The highest BCUT2D eigenvalue weighted by Gasteiger charge is 2.43. The molecule has 6 rings (SSSR count). The van der Waals surface area contributed by atoms with Gasteiger partial charge in [-0.3, -0.25) is 24.3 Å². The number of carbonyl (C=O) groups is 4. The Labute approximate surface area is 499 Å². The van der Waals surface area contributed by atoms with E-state index in [-0.39, 0.29) is 62.0 Å². The summed E-state index contributed by atoms with van der Waals surface area (Å²) < 4.78 is 25.7. The van der Waals surface area contributed by atoms with Crippen molar-refractivity contribution in [1.82, 2.24) is 20.0 Å². The van der Waals surface area contributed by atoms with Crippen molar-refractivity contribution >= 4 is 32.0 Å². The summed E-state index contributed by atoms with van der Waals surface area (Å²) in [7, 11) is 0.701. The number of benzene rings is 3. The smallest absolute Gasteiger partial charge is 0.331 e. The molecule has 468 valence electrons. The Kier molecular flexibility index (Phi) is 40.7. The number of unbranched alkanes of at least 4 members (excludes halogenated alkanes) is 4. The number of hydrogen-bond acceptors (Lipinski definition) is 17. The summed E-state index contributed by atoms with van der Waals surface area (Å²) in [6.07, 6.45) is 10.6. The molecule has 3 unspecified atom stereocenters. The third-order valence-electron chi connectivity index (χ3n) is 14.2. The predicted octanol–water partition coefficient (Wildman–Crippen LogP) is 8.15. The SMILES string of the molecule is CCCCOC(=O)/C=C\C(=O)OCCCC.CCCCOC(=O)C1CN(Cc2ccccc2)C[C@@H]1C(=O)OCCCC.COCN(Cc1ccccc1)C[Si](C)(C)C.OCC1CN(Cc2ccccc2)C[C@@H]1CO.OCC1CNC[C@@H]1CO. The van der Waals surface area contributed by atoms with E-state index in [0.29, 0.717) is 39.5 Å². The van der Waals surface area contributed by atoms with Crippen LogP contribution in [0, 0.1) is 35.5 Å². The topological polar surface area (TPSA) is 217 Å². The van der Waals surface area contributed by atoms with Crippen LogP contribution in [0.4, 0.5) is 0 Å². The first-order chi connectivity index (χ1) is 40.1. The molecule has 17 nitrogen and oxygen atoms in total. The Morgan fingerprint density at radius 1 is 0.530 bits per heavy atom. The largest absolute Gasteiger partial charge is 0.465 e. The second kappa shape index (κ2) is 45.5. The standard InChI is InChI=1S/C21H31NO4.C13H19NO2.C13H23NOSi.C12H20O4.C6H13NO2/c1-3-5-12-25-20(23)18-15-22(14-17-10-8-7-9-11-17)16-19(18)21(24)26-13-6-4-2;15-9-12-7-14(8-13(12)10-16)6-11-4-2-1-3-5-11;1-15-11-14(12-16(2,3)4)10-13-8-6-5-7-9-13;1-3-5-9-15-11(13)7-8-12(14)16-10-6-4-2;8-3-5-1-7-2-6(5)4-9/h7-11,18-19H,3-6,12-16H2,1-2H3;1-5,12-13,15-16H,6-10H2;5-9H,10-12H2,1-4H3;7-8H,3-6,9-10H2,1-2H3;5-9H,1-4H2/b;;;8-7-;/t18-,19?;12-,13?;;;5-,6?/m01..1/s1. The maximum Gasteiger partial charge on any atom is 0.331 e. The average molecular weight is 1180 g/mol. The highest BCUT2D eigenvalue weighted by Crippen LogP contribution is 2.28. The first-order valence-electron chi connectivity index (χ1n) is 30.3. The van der Waals surface area contributed by atoms with Crippen LogP contribution in [-0.4, -0.2) is 179 Å². The minimum atomic E-state index is -1.07. The van der Waals surface area contributed by atoms with Crippen molar-refractivity contribution in [1.29, 1.82) is 0 Å². The van der Waals surface area contributed by atoms with Gasteiger partial charge >= 0.3 is 23.9 Å². The van der Waals surface area contributed by atoms with Crippen LogP contribution in [0.1, 0.15) is 95.8 Å². The Morgan fingerprint density at radius 3 is 1.22 bits per heavy atom. The number of ether oxygens (including phenoxy) is 5. The lowest BCUT2D eigenvalue weighted by atomic mass is 9.96. The van der Waals surface area contributed by atoms with Gasteiger partial charge in [-0.1, -0.05) is 164 Å². The van der Waals surface area contributed by atoms with Crippen LogP contribution in [0.3, 0.4) is 0 Å². The maximum atomic E-state index is 12.5. The van der Waals surface area contributed by atoms with Gasteiger partial charge < -0.3 is 49.4 Å². The van der Waals surface area contributed by atoms with Gasteiger partial charge in [0.25, 0.3) is 0 Å². The van der Waals surface area contributed by atoms with Gasteiger partial charge in [0.2, 0.25) is 0 Å². The zero-order chi connectivity index (χ0) is 61.1. The fourth-order valence-corrected chi connectivity index (χ4v) is 11.1. The van der Waals surface area contributed by atoms with Crippen molar-refractivity contribution in [3.63, 3.8) is 0 Å². The van der Waals surface area contributed by atoms with Crippen LogP contribution in [0.15, 0.2) is 103 Å². The molecule has 3 heterocycles. The Bertz CT molecular complexity index is 2080. The normalized spacial score (nSPS) is 19.5. The van der Waals surface area contributed by atoms with Gasteiger partial charge in [-0.25, -0.2) is 9.59 Å². The highest BCUT2D eigenvalue weighted by atomic mass is 28.3. The molecule has 3 saturated heterocycles. The summed E-state index contributed by atoms with van der Waals surface area (Å²) in [6.45, 7) is 25.5. The van der Waals surface area contributed by atoms with Crippen LogP contribution in [0.2, 0.25) is 19.6 Å². The Balaban J connectivity index is 0.000000367. The maximum absolute atomic E-state index is 12.5. The molecule has 6 atom stereocenters. The minimum absolute atomic E-state index is 0.177. The average Bonchev–Trinajstić information content (AvgIpc) is 4.48. The third kappa shape index (κ3) is 33.4. The third-order valence-corrected chi connectivity index (χ3v) is 15.5.